The van der Waals surface area contributed by atoms with Crippen LogP contribution in [0.1, 0.15) is 17.9 Å². The highest BCUT2D eigenvalue weighted by Gasteiger charge is 2.35. The maximum atomic E-state index is 13.1. The zero-order chi connectivity index (χ0) is 18.1. The number of nitrogens with zero attached hydrogens (tertiary/aromatic N) is 3. The van der Waals surface area contributed by atoms with Crippen LogP contribution in [-0.4, -0.2) is 55.0 Å². The molecule has 4 rings (SSSR count). The van der Waals surface area contributed by atoms with Crippen LogP contribution in [0.25, 0.3) is 0 Å². The topological polar surface area (TPSA) is 74.8 Å². The molecule has 1 saturated heterocycles. The number of hydrogen-bond acceptors (Lipinski definition) is 6. The normalized spacial score (nSPS) is 19.7. The minimum atomic E-state index is -0.458. The molecule has 1 aromatic carbocycles. The Hall–Kier alpha value is -2.61. The van der Waals surface area contributed by atoms with Gasteiger partial charge in [0.1, 0.15) is 5.75 Å². The number of piperazine rings is 1. The van der Waals surface area contributed by atoms with Gasteiger partial charge in [0.25, 0.3) is 0 Å². The SMILES string of the molecule is COc1ccc2c(c1)C(C(=O)N1CCN(c3nccs3)CC1)CC(=O)N2. The first-order valence-electron chi connectivity index (χ1n) is 8.56. The van der Waals surface area contributed by atoms with Crippen molar-refractivity contribution >= 4 is 34.0 Å². The lowest BCUT2D eigenvalue weighted by atomic mass is 9.89. The van der Waals surface area contributed by atoms with Crippen LogP contribution in [0, 0.1) is 0 Å². The summed E-state index contributed by atoms with van der Waals surface area (Å²) in [5.41, 5.74) is 1.53. The van der Waals surface area contributed by atoms with Crippen LogP contribution < -0.4 is 15.0 Å². The van der Waals surface area contributed by atoms with Crippen molar-refractivity contribution < 1.29 is 14.3 Å². The Morgan fingerprint density at radius 3 is 2.81 bits per heavy atom. The number of amides is 2. The summed E-state index contributed by atoms with van der Waals surface area (Å²) in [7, 11) is 1.60. The number of thiazole rings is 1. The molecular formula is C18H20N4O3S. The zero-order valence-electron chi connectivity index (χ0n) is 14.5. The average Bonchev–Trinajstić information content (AvgIpc) is 3.21. The molecule has 3 heterocycles. The van der Waals surface area contributed by atoms with Gasteiger partial charge in [0.2, 0.25) is 11.8 Å². The molecule has 1 aromatic heterocycles. The zero-order valence-corrected chi connectivity index (χ0v) is 15.3. The molecule has 136 valence electrons. The number of nitrogens with one attached hydrogen (secondary N) is 1. The fourth-order valence-corrected chi connectivity index (χ4v) is 4.19. The molecule has 1 unspecified atom stereocenters. The molecule has 0 radical (unpaired) electrons. The third kappa shape index (κ3) is 3.12. The number of carbonyl (C=O) groups excluding carboxylic acids is 2. The highest BCUT2D eigenvalue weighted by molar-refractivity contribution is 7.13. The van der Waals surface area contributed by atoms with Gasteiger partial charge in [-0.1, -0.05) is 0 Å². The predicted octanol–water partition coefficient (Wildman–Crippen LogP) is 1.93. The number of methoxy groups -OCH3 is 1. The third-order valence-electron chi connectivity index (χ3n) is 4.88. The molecule has 1 fully saturated rings. The summed E-state index contributed by atoms with van der Waals surface area (Å²) in [6.07, 6.45) is 1.97. The molecule has 1 N–H and O–H groups in total. The number of fused-ring (bicyclic) bond motifs is 1. The molecule has 26 heavy (non-hydrogen) atoms. The van der Waals surface area contributed by atoms with Crippen molar-refractivity contribution in [1.82, 2.24) is 9.88 Å². The number of hydrogen-bond donors (Lipinski definition) is 1. The van der Waals surface area contributed by atoms with Crippen molar-refractivity contribution in [1.29, 1.82) is 0 Å². The predicted molar refractivity (Wildman–Crippen MR) is 99.9 cm³/mol. The van der Waals surface area contributed by atoms with E-state index in [0.717, 1.165) is 23.8 Å². The summed E-state index contributed by atoms with van der Waals surface area (Å²) in [5, 5.41) is 5.79. The van der Waals surface area contributed by atoms with Crippen molar-refractivity contribution in [2.24, 2.45) is 0 Å². The molecule has 0 saturated carbocycles. The second kappa shape index (κ2) is 6.95. The second-order valence-corrected chi connectivity index (χ2v) is 7.26. The summed E-state index contributed by atoms with van der Waals surface area (Å²) in [6, 6.07) is 5.44. The molecule has 8 heteroatoms. The maximum absolute atomic E-state index is 13.1. The quantitative estimate of drug-likeness (QED) is 0.891. The molecule has 0 bridgehead atoms. The molecule has 0 spiro atoms. The lowest BCUT2D eigenvalue weighted by Gasteiger charge is -2.37. The first-order valence-corrected chi connectivity index (χ1v) is 9.44. The monoisotopic (exact) mass is 372 g/mol. The van der Waals surface area contributed by atoms with Crippen molar-refractivity contribution in [3.05, 3.63) is 35.3 Å². The molecule has 2 amide bonds. The Labute approximate surface area is 155 Å². The van der Waals surface area contributed by atoms with Crippen molar-refractivity contribution in [2.75, 3.05) is 43.5 Å². The Morgan fingerprint density at radius 2 is 2.12 bits per heavy atom. The molecular weight excluding hydrogens is 352 g/mol. The molecule has 1 atom stereocenters. The molecule has 0 aliphatic carbocycles. The van der Waals surface area contributed by atoms with Crippen molar-refractivity contribution in [3.8, 4) is 5.75 Å². The van der Waals surface area contributed by atoms with Gasteiger partial charge in [0.15, 0.2) is 5.13 Å². The number of ether oxygens (including phenoxy) is 1. The van der Waals surface area contributed by atoms with Crippen LogP contribution in [0.2, 0.25) is 0 Å². The highest BCUT2D eigenvalue weighted by atomic mass is 32.1. The van der Waals surface area contributed by atoms with Gasteiger partial charge in [-0.05, 0) is 23.8 Å². The van der Waals surface area contributed by atoms with Gasteiger partial charge in [-0.15, -0.1) is 11.3 Å². The number of anilines is 2. The second-order valence-electron chi connectivity index (χ2n) is 6.39. The first kappa shape index (κ1) is 16.8. The lowest BCUT2D eigenvalue weighted by molar-refractivity contribution is -0.135. The van der Waals surface area contributed by atoms with Crippen LogP contribution in [0.5, 0.6) is 5.75 Å². The first-order chi connectivity index (χ1) is 12.7. The number of rotatable bonds is 3. The smallest absolute Gasteiger partial charge is 0.230 e. The van der Waals surface area contributed by atoms with Gasteiger partial charge in [0.05, 0.1) is 13.0 Å². The van der Waals surface area contributed by atoms with Crippen molar-refractivity contribution in [3.63, 3.8) is 0 Å². The van der Waals surface area contributed by atoms with Crippen molar-refractivity contribution in [2.45, 2.75) is 12.3 Å². The van der Waals surface area contributed by atoms with Gasteiger partial charge in [-0.2, -0.15) is 0 Å². The Bertz CT molecular complexity index is 816. The van der Waals surface area contributed by atoms with E-state index in [1.165, 1.54) is 0 Å². The summed E-state index contributed by atoms with van der Waals surface area (Å²) < 4.78 is 5.29. The van der Waals surface area contributed by atoms with E-state index in [1.807, 2.05) is 16.3 Å². The standard InChI is InChI=1S/C18H20N4O3S/c1-25-12-2-3-15-13(10-12)14(11-16(23)20-15)17(24)21-5-7-22(8-6-21)18-19-4-9-26-18/h2-4,9-10,14H,5-8,11H2,1H3,(H,20,23). The largest absolute Gasteiger partial charge is 0.497 e. The lowest BCUT2D eigenvalue weighted by Crippen LogP contribution is -2.50. The van der Waals surface area contributed by atoms with Gasteiger partial charge in [-0.25, -0.2) is 4.98 Å². The minimum absolute atomic E-state index is 0.00754. The van der Waals surface area contributed by atoms with Crippen LogP contribution in [0.3, 0.4) is 0 Å². The molecule has 2 aromatic rings. The number of aromatic nitrogens is 1. The Morgan fingerprint density at radius 1 is 1.31 bits per heavy atom. The van der Waals surface area contributed by atoms with Crippen LogP contribution in [0.15, 0.2) is 29.8 Å². The van der Waals surface area contributed by atoms with E-state index in [2.05, 4.69) is 15.2 Å². The minimum Gasteiger partial charge on any atom is -0.497 e. The summed E-state index contributed by atoms with van der Waals surface area (Å²) in [6.45, 7) is 2.78. The fourth-order valence-electron chi connectivity index (χ4n) is 3.50. The van der Waals surface area contributed by atoms with Gasteiger partial charge < -0.3 is 19.9 Å². The number of benzene rings is 1. The Kier molecular flexibility index (Phi) is 4.50. The summed E-state index contributed by atoms with van der Waals surface area (Å²) in [4.78, 5) is 33.6. The van der Waals surface area contributed by atoms with Crippen LogP contribution in [0.4, 0.5) is 10.8 Å². The third-order valence-corrected chi connectivity index (χ3v) is 5.71. The summed E-state index contributed by atoms with van der Waals surface area (Å²) >= 11 is 1.61. The molecule has 2 aliphatic heterocycles. The van der Waals surface area contributed by atoms with E-state index >= 15 is 0 Å². The Balaban J connectivity index is 1.51. The highest BCUT2D eigenvalue weighted by Crippen LogP contribution is 2.36. The molecule has 2 aliphatic rings. The van der Waals surface area contributed by atoms with E-state index in [-0.39, 0.29) is 18.2 Å². The van der Waals surface area contributed by atoms with Gasteiger partial charge >= 0.3 is 0 Å². The van der Waals surface area contributed by atoms with E-state index in [4.69, 9.17) is 4.74 Å². The molecule has 7 nitrogen and oxygen atoms in total. The van der Waals surface area contributed by atoms with Crippen LogP contribution >= 0.6 is 11.3 Å². The maximum Gasteiger partial charge on any atom is 0.230 e. The fraction of sp³-hybridized carbons (Fsp3) is 0.389. The average molecular weight is 372 g/mol. The van der Waals surface area contributed by atoms with E-state index in [9.17, 15) is 9.59 Å². The van der Waals surface area contributed by atoms with Crippen LogP contribution in [-0.2, 0) is 9.59 Å². The van der Waals surface area contributed by atoms with E-state index in [1.54, 1.807) is 36.8 Å². The van der Waals surface area contributed by atoms with Gasteiger partial charge in [-0.3, -0.25) is 9.59 Å². The van der Waals surface area contributed by atoms with E-state index < -0.39 is 5.92 Å². The summed E-state index contributed by atoms with van der Waals surface area (Å²) in [5.74, 6) is 0.113. The van der Waals surface area contributed by atoms with Gasteiger partial charge in [0, 0.05) is 49.9 Å². The number of carbonyl (C=O) groups is 2. The van der Waals surface area contributed by atoms with E-state index in [0.29, 0.717) is 24.5 Å².